The van der Waals surface area contributed by atoms with Gasteiger partial charge in [-0.15, -0.1) is 28.1 Å². The summed E-state index contributed by atoms with van der Waals surface area (Å²) in [7, 11) is 1.92. The summed E-state index contributed by atoms with van der Waals surface area (Å²) in [5.41, 5.74) is 0. The van der Waals surface area contributed by atoms with Crippen molar-refractivity contribution in [3.05, 3.63) is 40.9 Å². The fourth-order valence-corrected chi connectivity index (χ4v) is 3.02. The molecule has 0 atom stereocenters. The van der Waals surface area contributed by atoms with Crippen LogP contribution in [0.4, 0.5) is 0 Å². The highest BCUT2D eigenvalue weighted by Crippen LogP contribution is 2.18. The molecule has 0 aromatic carbocycles. The third-order valence-electron chi connectivity index (χ3n) is 2.61. The Morgan fingerprint density at radius 2 is 2.45 bits per heavy atom. The Bertz CT molecular complexity index is 577. The van der Waals surface area contributed by atoms with Crippen molar-refractivity contribution in [2.75, 3.05) is 12.3 Å². The first-order valence-corrected chi connectivity index (χ1v) is 7.98. The van der Waals surface area contributed by atoms with Crippen LogP contribution in [0.25, 0.3) is 0 Å². The molecule has 0 aliphatic carbocycles. The zero-order valence-corrected chi connectivity index (χ0v) is 12.8. The Morgan fingerprint density at radius 1 is 1.60 bits per heavy atom. The van der Waals surface area contributed by atoms with Crippen molar-refractivity contribution in [2.24, 2.45) is 7.05 Å². The van der Waals surface area contributed by atoms with Gasteiger partial charge in [0.1, 0.15) is 5.82 Å². The van der Waals surface area contributed by atoms with Crippen molar-refractivity contribution in [1.29, 1.82) is 0 Å². The largest absolute Gasteiger partial charge is 0.352 e. The molecular formula is C13H16N4OS2. The van der Waals surface area contributed by atoms with E-state index in [4.69, 9.17) is 0 Å². The minimum absolute atomic E-state index is 0.0299. The van der Waals surface area contributed by atoms with E-state index in [1.54, 1.807) is 17.4 Å². The molecule has 0 unspecified atom stereocenters. The van der Waals surface area contributed by atoms with E-state index in [0.717, 1.165) is 17.4 Å². The fourth-order valence-electron chi connectivity index (χ4n) is 1.56. The third-order valence-corrected chi connectivity index (χ3v) is 4.51. The number of nitrogens with zero attached hydrogens (tertiary/aromatic N) is 3. The van der Waals surface area contributed by atoms with Crippen LogP contribution in [0.2, 0.25) is 0 Å². The second kappa shape index (κ2) is 7.25. The molecule has 106 valence electrons. The van der Waals surface area contributed by atoms with Gasteiger partial charge < -0.3 is 9.88 Å². The lowest BCUT2D eigenvalue weighted by atomic mass is 10.3. The predicted molar refractivity (Wildman–Crippen MR) is 82.1 cm³/mol. The Kier molecular flexibility index (Phi) is 5.37. The second-order valence-corrected chi connectivity index (χ2v) is 6.07. The monoisotopic (exact) mass is 308 g/mol. The highest BCUT2D eigenvalue weighted by atomic mass is 32.2. The summed E-state index contributed by atoms with van der Waals surface area (Å²) in [6.45, 7) is 4.04. The molecule has 0 saturated heterocycles. The van der Waals surface area contributed by atoms with E-state index in [2.05, 4.69) is 28.2 Å². The van der Waals surface area contributed by atoms with E-state index in [0.29, 0.717) is 12.3 Å². The number of hydrogen-bond acceptors (Lipinski definition) is 5. The Hall–Kier alpha value is -1.60. The molecule has 1 N–H and O–H groups in total. The summed E-state index contributed by atoms with van der Waals surface area (Å²) in [5.74, 6) is 1.21. The number of rotatable bonds is 7. The maximum absolute atomic E-state index is 11.5. The summed E-state index contributed by atoms with van der Waals surface area (Å²) >= 11 is 3.09. The van der Waals surface area contributed by atoms with E-state index in [-0.39, 0.29) is 5.91 Å². The molecule has 0 spiro atoms. The molecule has 2 aromatic heterocycles. The minimum atomic E-state index is -0.0299. The normalized spacial score (nSPS) is 10.4. The number of carbonyl (C=O) groups excluding carboxylic acids is 1. The summed E-state index contributed by atoms with van der Waals surface area (Å²) < 4.78 is 1.94. The molecule has 0 saturated carbocycles. The summed E-state index contributed by atoms with van der Waals surface area (Å²) in [4.78, 5) is 12.8. The van der Waals surface area contributed by atoms with E-state index in [1.807, 2.05) is 23.1 Å². The SMILES string of the molecule is C=CCNC(=O)CSc1nnc(Cc2cccs2)n1C. The molecule has 1 amide bonds. The smallest absolute Gasteiger partial charge is 0.230 e. The van der Waals surface area contributed by atoms with Crippen molar-refractivity contribution in [2.45, 2.75) is 11.6 Å². The van der Waals surface area contributed by atoms with Crippen molar-refractivity contribution < 1.29 is 4.79 Å². The number of aromatic nitrogens is 3. The molecular weight excluding hydrogens is 292 g/mol. The highest BCUT2D eigenvalue weighted by molar-refractivity contribution is 7.99. The first kappa shape index (κ1) is 14.8. The first-order valence-electron chi connectivity index (χ1n) is 6.11. The van der Waals surface area contributed by atoms with E-state index < -0.39 is 0 Å². The van der Waals surface area contributed by atoms with Crippen LogP contribution in [0.3, 0.4) is 0 Å². The molecule has 2 rings (SSSR count). The van der Waals surface area contributed by atoms with Gasteiger partial charge >= 0.3 is 0 Å². The number of amides is 1. The molecule has 2 heterocycles. The number of nitrogens with one attached hydrogen (secondary N) is 1. The number of thiophene rings is 1. The van der Waals surface area contributed by atoms with Crippen LogP contribution in [0.15, 0.2) is 35.3 Å². The van der Waals surface area contributed by atoms with Crippen molar-refractivity contribution in [3.8, 4) is 0 Å². The standard InChI is InChI=1S/C13H16N4OS2/c1-3-6-14-12(18)9-20-13-16-15-11(17(13)2)8-10-5-4-7-19-10/h3-5,7H,1,6,8-9H2,2H3,(H,14,18). The van der Waals surface area contributed by atoms with Gasteiger partial charge in [-0.05, 0) is 11.4 Å². The topological polar surface area (TPSA) is 59.8 Å². The van der Waals surface area contributed by atoms with Crippen molar-refractivity contribution in [3.63, 3.8) is 0 Å². The second-order valence-electron chi connectivity index (χ2n) is 4.10. The van der Waals surface area contributed by atoms with Crippen LogP contribution in [0.1, 0.15) is 10.7 Å². The average Bonchev–Trinajstić information content (AvgIpc) is 3.06. The van der Waals surface area contributed by atoms with Crippen LogP contribution in [0.5, 0.6) is 0 Å². The first-order chi connectivity index (χ1) is 9.70. The van der Waals surface area contributed by atoms with Crippen LogP contribution < -0.4 is 5.32 Å². The molecule has 5 nitrogen and oxygen atoms in total. The molecule has 0 fully saturated rings. The van der Waals surface area contributed by atoms with E-state index in [1.165, 1.54) is 16.6 Å². The van der Waals surface area contributed by atoms with Gasteiger partial charge in [0.25, 0.3) is 0 Å². The molecule has 2 aromatic rings. The molecule has 0 aliphatic rings. The Labute approximate surface area is 126 Å². The van der Waals surface area contributed by atoms with Gasteiger partial charge in [0, 0.05) is 24.9 Å². The zero-order valence-electron chi connectivity index (χ0n) is 11.2. The number of hydrogen-bond donors (Lipinski definition) is 1. The summed E-state index contributed by atoms with van der Waals surface area (Å²) in [6, 6.07) is 4.10. The van der Waals surface area contributed by atoms with Gasteiger partial charge in [0.05, 0.1) is 5.75 Å². The molecule has 20 heavy (non-hydrogen) atoms. The van der Waals surface area contributed by atoms with E-state index in [9.17, 15) is 4.79 Å². The van der Waals surface area contributed by atoms with Gasteiger partial charge in [0.2, 0.25) is 5.91 Å². The van der Waals surface area contributed by atoms with Gasteiger partial charge in [-0.25, -0.2) is 0 Å². The molecule has 0 aliphatic heterocycles. The summed E-state index contributed by atoms with van der Waals surface area (Å²) in [6.07, 6.45) is 2.43. The van der Waals surface area contributed by atoms with Gasteiger partial charge in [0.15, 0.2) is 5.16 Å². The Morgan fingerprint density at radius 3 is 3.15 bits per heavy atom. The molecule has 0 bridgehead atoms. The lowest BCUT2D eigenvalue weighted by molar-refractivity contribution is -0.118. The fraction of sp³-hybridized carbons (Fsp3) is 0.308. The van der Waals surface area contributed by atoms with Crippen LogP contribution >= 0.6 is 23.1 Å². The third kappa shape index (κ3) is 3.94. The van der Waals surface area contributed by atoms with Gasteiger partial charge in [-0.1, -0.05) is 23.9 Å². The zero-order chi connectivity index (χ0) is 14.4. The minimum Gasteiger partial charge on any atom is -0.352 e. The molecule has 0 radical (unpaired) electrons. The van der Waals surface area contributed by atoms with Crippen molar-refractivity contribution in [1.82, 2.24) is 20.1 Å². The summed E-state index contributed by atoms with van der Waals surface area (Å²) in [5, 5.41) is 13.8. The van der Waals surface area contributed by atoms with Crippen LogP contribution in [0, 0.1) is 0 Å². The maximum Gasteiger partial charge on any atom is 0.230 e. The average molecular weight is 308 g/mol. The van der Waals surface area contributed by atoms with E-state index >= 15 is 0 Å². The van der Waals surface area contributed by atoms with Gasteiger partial charge in [-0.3, -0.25) is 4.79 Å². The lowest BCUT2D eigenvalue weighted by Gasteiger charge is -2.03. The quantitative estimate of drug-likeness (QED) is 0.626. The van der Waals surface area contributed by atoms with Crippen LogP contribution in [-0.2, 0) is 18.3 Å². The van der Waals surface area contributed by atoms with Gasteiger partial charge in [-0.2, -0.15) is 0 Å². The number of thioether (sulfide) groups is 1. The van der Waals surface area contributed by atoms with Crippen LogP contribution in [-0.4, -0.2) is 33.0 Å². The molecule has 7 heteroatoms. The highest BCUT2D eigenvalue weighted by Gasteiger charge is 2.11. The maximum atomic E-state index is 11.5. The predicted octanol–water partition coefficient (Wildman–Crippen LogP) is 1.86. The Balaban J connectivity index is 1.91. The number of carbonyl (C=O) groups is 1. The lowest BCUT2D eigenvalue weighted by Crippen LogP contribution is -2.25. The van der Waals surface area contributed by atoms with Crippen molar-refractivity contribution >= 4 is 29.0 Å².